The van der Waals surface area contributed by atoms with Gasteiger partial charge in [0.2, 0.25) is 5.88 Å². The van der Waals surface area contributed by atoms with Crippen LogP contribution in [0.25, 0.3) is 44.7 Å². The summed E-state index contributed by atoms with van der Waals surface area (Å²) >= 11 is 22.7. The molecule has 28 atom stereocenters. The zero-order chi connectivity index (χ0) is 108. The van der Waals surface area contributed by atoms with Crippen LogP contribution in [0.3, 0.4) is 0 Å². The van der Waals surface area contributed by atoms with Crippen LogP contribution in [0.5, 0.6) is 5.88 Å². The number of hydroxylamine groups is 1. The van der Waals surface area contributed by atoms with E-state index in [-0.39, 0.29) is 58.9 Å². The Kier molecular flexibility index (Phi) is 36.9. The monoisotopic (exact) mass is 2170 g/mol. The Bertz CT molecular complexity index is 5870. The minimum absolute atomic E-state index is 0.0490. The van der Waals surface area contributed by atoms with E-state index in [4.69, 9.17) is 112 Å². The van der Waals surface area contributed by atoms with Gasteiger partial charge in [0, 0.05) is 44.2 Å². The van der Waals surface area contributed by atoms with Gasteiger partial charge in [-0.05, 0) is 50.6 Å². The number of rotatable bonds is 23. The molecule has 808 valence electrons. The molecular formula is C86H110Cl4F9N25O23. The first-order valence-corrected chi connectivity index (χ1v) is 46.5. The Morgan fingerprint density at radius 1 is 0.476 bits per heavy atom. The van der Waals surface area contributed by atoms with Crippen LogP contribution in [0.4, 0.5) is 56.6 Å². The summed E-state index contributed by atoms with van der Waals surface area (Å²) in [6, 6.07) is 4.71. The molecule has 7 saturated heterocycles. The van der Waals surface area contributed by atoms with Gasteiger partial charge in [-0.15, -0.1) is 53.0 Å². The number of pyridine rings is 3. The molecule has 25 N–H and O–H groups in total. The number of anilines is 3. The molecule has 0 aromatic carbocycles. The number of aliphatic hydroxyl groups is 14. The van der Waals surface area contributed by atoms with Crippen LogP contribution in [0.2, 0.25) is 0 Å². The number of alkyl halides is 12. The fourth-order valence-corrected chi connectivity index (χ4v) is 17.9. The molecule has 0 radical (unpaired) electrons. The average Bonchev–Trinajstić information content (AvgIpc) is 1.70. The van der Waals surface area contributed by atoms with Crippen LogP contribution in [-0.2, 0) is 33.2 Å². The number of hydrogen-bond donors (Lipinski definition) is 21. The molecule has 0 bridgehead atoms. The number of hydrogen-bond acceptors (Lipinski definition) is 43. The van der Waals surface area contributed by atoms with Crippen molar-refractivity contribution in [3.05, 3.63) is 154 Å². The number of aliphatic hydroxyl groups excluding tert-OH is 14. The van der Waals surface area contributed by atoms with E-state index in [0.29, 0.717) is 86.0 Å². The predicted molar refractivity (Wildman–Crippen MR) is 507 cm³/mol. The van der Waals surface area contributed by atoms with Gasteiger partial charge >= 0.3 is 0 Å². The normalized spacial score (nSPS) is 34.6. The number of imidazole rings is 4. The molecule has 8 aromatic heterocycles. The molecule has 61 heteroatoms. The maximum Gasteiger partial charge on any atom is 0.245 e. The number of nitrogen functional groups attached to an aromatic ring is 3. The largest absolute Gasteiger partial charge is 0.476 e. The van der Waals surface area contributed by atoms with Gasteiger partial charge in [-0.1, -0.05) is 32.7 Å². The summed E-state index contributed by atoms with van der Waals surface area (Å²) in [5.74, 6) is -0.486. The Morgan fingerprint density at radius 2 is 0.830 bits per heavy atom. The van der Waals surface area contributed by atoms with Crippen molar-refractivity contribution >= 4 is 126 Å². The smallest absolute Gasteiger partial charge is 0.245 e. The first-order chi connectivity index (χ1) is 69.9. The second-order valence-electron chi connectivity index (χ2n) is 34.4. The highest BCUT2D eigenvalue weighted by Gasteiger charge is 2.63. The number of aliphatic imine (C=N–C) groups is 3. The van der Waals surface area contributed by atoms with Crippen molar-refractivity contribution in [1.29, 1.82) is 0 Å². The van der Waals surface area contributed by atoms with Crippen molar-refractivity contribution in [3.63, 3.8) is 0 Å². The van der Waals surface area contributed by atoms with E-state index in [1.165, 1.54) is 96.4 Å². The minimum Gasteiger partial charge on any atom is -0.476 e. The lowest BCUT2D eigenvalue weighted by molar-refractivity contribution is -0.136. The van der Waals surface area contributed by atoms with Crippen molar-refractivity contribution in [1.82, 2.24) is 88.6 Å². The van der Waals surface area contributed by atoms with Crippen LogP contribution in [0, 0.1) is 6.92 Å². The maximum atomic E-state index is 14.6. The number of nitrogens with two attached hydrogens (primary N) is 4. The summed E-state index contributed by atoms with van der Waals surface area (Å²) < 4.78 is 176. The van der Waals surface area contributed by atoms with Gasteiger partial charge in [0.1, 0.15) is 129 Å². The van der Waals surface area contributed by atoms with Gasteiger partial charge in [0.25, 0.3) is 0 Å². The summed E-state index contributed by atoms with van der Waals surface area (Å²) in [4.78, 5) is 52.1. The lowest BCUT2D eigenvalue weighted by Crippen LogP contribution is -2.47. The number of nitrogens with one attached hydrogen (secondary N) is 2. The van der Waals surface area contributed by atoms with Crippen LogP contribution in [-0.4, -0.2) is 406 Å². The molecule has 0 aliphatic carbocycles. The number of ether oxygens (including phenoxy) is 8. The first kappa shape index (κ1) is 115. The molecule has 18 heterocycles. The molecule has 7 fully saturated rings. The third-order valence-corrected chi connectivity index (χ3v) is 27.5. The van der Waals surface area contributed by atoms with Crippen LogP contribution >= 0.6 is 46.4 Å². The van der Waals surface area contributed by atoms with E-state index in [1.807, 2.05) is 12.4 Å². The zero-order valence-electron chi connectivity index (χ0n) is 78.3. The van der Waals surface area contributed by atoms with E-state index in [2.05, 4.69) is 91.5 Å². The lowest BCUT2D eigenvalue weighted by atomic mass is 9.94. The van der Waals surface area contributed by atoms with E-state index in [9.17, 15) is 111 Å². The molecular weight excluding hydrogens is 2060 g/mol. The highest BCUT2D eigenvalue weighted by molar-refractivity contribution is 6.19. The van der Waals surface area contributed by atoms with Crippen LogP contribution in [0.15, 0.2) is 164 Å². The molecule has 8 aromatic rings. The summed E-state index contributed by atoms with van der Waals surface area (Å²) in [6.07, 6.45) is -14.4. The van der Waals surface area contributed by atoms with Gasteiger partial charge in [-0.25, -0.2) is 89.4 Å². The number of amidine groups is 3. The number of nitrogens with zero attached hydrogens (tertiary/aromatic N) is 19. The number of halogens is 13. The van der Waals surface area contributed by atoms with E-state index in [1.54, 1.807) is 45.3 Å². The molecule has 10 aliphatic heterocycles. The average molecular weight is 2170 g/mol. The number of aryl methyl sites for hydroxylation is 1. The standard InChI is InChI=1S/C15H19FN4O4.C13H17FN4O3.C12H14ClFN4O3.C12H17ClFN3O3.C12H14F2N4O3.C11H14ClF2N3O3.C11H15ClFN3O4/c1-4-15(6-21)11(22)9(16)14(24-15)20-7-17-10-12(20)18-8(3)19-13(10)23-5-2;1-2-13(5-19)10(20)8(14)12(21-13)18-6-17-9-7(15)3-4-16-11(9)18;13-3-12(4-19)9(20)7(14)11(21-12)18-5-17-8-6(15)1-2-16-10(8)18;1-7-16-8(15-2)3-4-17(7)11-9(14)10(19)12(5-13,6-18)20-11;13-3-12(4-19)9(20)7(14)11(21-12)18-5-17-8-6(15)1-2-16-10(8)18;1-5-16-9(15)6(13)2-17(5)10-7(14)8(19)11(3-12,4-18)20-10;1-6-14-7(15-19)2-3-16(6)10-8(13)9(18)11(4-12,5-17)20-10/h4,7,9,11,14,21-22H,1,5-6H2,2-3H3;3-4,6,8,10,12,19-20H,2,5H2,1H3,(H2,15,16);1-2,5,7,9,11,19-20H,3-4H2,(H2,15,16);3-4,9-11,18-19H,1,5-6H2,2H3,(H,15,16);1-2,5,7,9,11,19-20H,3-4H2,(H2,15,16);2,7-8,10,18-19H,1,3-4H2,(H2,15,16);2-3,8-10,17-19H,1,4-5H2,(H,14,15)/t9-,11+,14-,15-;8-,10+,12-,13-;7-,9+,11-,12-;9-,10+,11-,12-;7-,9+,11-,12-;7-,8+,10-,11-;8-,9+,10-,11-/m1111111/s1. The molecule has 0 saturated carbocycles. The fraction of sp³-hybridized carbons (Fsp3) is 0.535. The third kappa shape index (κ3) is 21.4. The summed E-state index contributed by atoms with van der Waals surface area (Å²) in [6.45, 7) is 14.4. The Balaban J connectivity index is 0.000000153. The van der Waals surface area contributed by atoms with Crippen molar-refractivity contribution in [2.45, 2.75) is 196 Å². The van der Waals surface area contributed by atoms with E-state index < -0.39 is 227 Å². The molecule has 0 unspecified atom stereocenters. The van der Waals surface area contributed by atoms with Crippen LogP contribution in [0.1, 0.15) is 51.0 Å². The topological polar surface area (TPSA) is 688 Å². The molecule has 18 rings (SSSR count). The van der Waals surface area contributed by atoms with E-state index in [0.717, 1.165) is 11.1 Å². The SMILES string of the molecule is C=C1N=C(N)C(F)=CN1[C@@H]1O[C@@](CO)(CCl)[C@@H](O)[C@H]1F.C=C1N=C(NO)C=CN1[C@@H]1O[C@@](CO)(CCl)[C@@H](O)[C@H]1F.C=C1NC(=NC)C=CN1[C@@H]1O[C@@](CO)(CCl)[C@@H](O)[C@H]1F.C=C[C@]1(CO)O[C@@H](n2cnc3c(OCC)nc(C)nc32)[C@H](F)[C@@H]1O.CC[C@]1(CO)O[C@@H](n2cnc3c(N)ccnc32)[C@H](F)[C@@H]1O.Nc1ccnc2c1ncn2[C@@H]1O[C@@](CO)(CCl)[C@@H](O)[C@H]1F.Nc1ccnc2c1ncn2[C@@H]1O[C@@](CO)(CF)[C@@H](O)[C@H]1F. The fourth-order valence-electron chi connectivity index (χ4n) is 16.7. The lowest BCUT2D eigenvalue weighted by Gasteiger charge is -2.34. The molecule has 48 nitrogen and oxygen atoms in total. The number of fused-ring (bicyclic) bond motifs is 4. The second kappa shape index (κ2) is 47.2. The number of aromatic nitrogens is 13. The Labute approximate surface area is 848 Å². The zero-order valence-corrected chi connectivity index (χ0v) is 81.3. The Morgan fingerprint density at radius 3 is 1.18 bits per heavy atom. The van der Waals surface area contributed by atoms with E-state index >= 15 is 0 Å². The Hall–Kier alpha value is -10.8. The molecule has 10 aliphatic rings. The molecule has 0 amide bonds. The highest BCUT2D eigenvalue weighted by Crippen LogP contribution is 2.48. The van der Waals surface area contributed by atoms with Crippen molar-refractivity contribution in [2.24, 2.45) is 20.7 Å². The summed E-state index contributed by atoms with van der Waals surface area (Å²) in [7, 11) is 1.60. The van der Waals surface area contributed by atoms with Crippen LogP contribution < -0.4 is 38.5 Å². The van der Waals surface area contributed by atoms with Gasteiger partial charge in [-0.2, -0.15) is 4.98 Å². The van der Waals surface area contributed by atoms with Crippen molar-refractivity contribution in [2.75, 3.05) is 107 Å². The van der Waals surface area contributed by atoms with Gasteiger partial charge in [0.05, 0.1) is 119 Å². The maximum absolute atomic E-state index is 14.6. The van der Waals surface area contributed by atoms with Gasteiger partial charge < -0.3 is 152 Å². The first-order valence-electron chi connectivity index (χ1n) is 44.4. The minimum atomic E-state index is -1.99. The molecule has 0 spiro atoms. The van der Waals surface area contributed by atoms with Gasteiger partial charge in [0.15, 0.2) is 138 Å². The van der Waals surface area contributed by atoms with Crippen molar-refractivity contribution < 1.29 is 154 Å². The quantitative estimate of drug-likeness (QED) is 0.0182. The highest BCUT2D eigenvalue weighted by atomic mass is 35.5. The third-order valence-electron chi connectivity index (χ3n) is 25.6. The van der Waals surface area contributed by atoms with Crippen molar-refractivity contribution in [3.8, 4) is 5.88 Å². The molecule has 147 heavy (non-hydrogen) atoms. The summed E-state index contributed by atoms with van der Waals surface area (Å²) in [5.41, 5.74) is 17.3. The van der Waals surface area contributed by atoms with Gasteiger partial charge in [-0.3, -0.25) is 33.9 Å². The second-order valence-corrected chi connectivity index (χ2v) is 35.5. The predicted octanol–water partition coefficient (Wildman–Crippen LogP) is 0.800. The summed E-state index contributed by atoms with van der Waals surface area (Å²) in [5, 5.41) is 147.